The van der Waals surface area contributed by atoms with Crippen LogP contribution in [0.2, 0.25) is 0 Å². The summed E-state index contributed by atoms with van der Waals surface area (Å²) >= 11 is 0. The third kappa shape index (κ3) is 2.81. The fraction of sp³-hybridized carbons (Fsp3) is 0.273. The van der Waals surface area contributed by atoms with E-state index in [-0.39, 0.29) is 12.7 Å². The molecule has 0 spiro atoms. The number of para-hydroxylation sites is 1. The summed E-state index contributed by atoms with van der Waals surface area (Å²) in [7, 11) is 1.82. The number of amides is 1. The minimum atomic E-state index is -0.0505. The Labute approximate surface area is 163 Å². The number of hydrogen-bond donors (Lipinski definition) is 0. The van der Waals surface area contributed by atoms with E-state index >= 15 is 0 Å². The van der Waals surface area contributed by atoms with Gasteiger partial charge in [-0.25, -0.2) is 4.68 Å². The zero-order valence-electron chi connectivity index (χ0n) is 15.7. The zero-order chi connectivity index (χ0) is 19.1. The molecule has 1 amide bonds. The average Bonchev–Trinajstić information content (AvgIpc) is 3.44. The van der Waals surface area contributed by atoms with E-state index < -0.39 is 0 Å². The monoisotopic (exact) mass is 375 g/mol. The Balaban J connectivity index is 1.42. The first-order valence-corrected chi connectivity index (χ1v) is 9.51. The van der Waals surface area contributed by atoms with Gasteiger partial charge in [-0.3, -0.25) is 4.79 Å². The molecular weight excluding hydrogens is 354 g/mol. The van der Waals surface area contributed by atoms with Crippen molar-refractivity contribution in [2.45, 2.75) is 25.8 Å². The summed E-state index contributed by atoms with van der Waals surface area (Å²) in [5.74, 6) is 1.43. The number of benzene rings is 2. The van der Waals surface area contributed by atoms with Crippen LogP contribution in [0, 0.1) is 0 Å². The molecule has 0 bridgehead atoms. The van der Waals surface area contributed by atoms with Crippen LogP contribution >= 0.6 is 0 Å². The summed E-state index contributed by atoms with van der Waals surface area (Å²) in [6, 6.07) is 15.8. The van der Waals surface area contributed by atoms with E-state index in [1.165, 1.54) is 0 Å². The highest BCUT2D eigenvalue weighted by Gasteiger charge is 2.28. The molecule has 28 heavy (non-hydrogen) atoms. The minimum absolute atomic E-state index is 0.0505. The van der Waals surface area contributed by atoms with Crippen molar-refractivity contribution in [3.8, 4) is 17.2 Å². The summed E-state index contributed by atoms with van der Waals surface area (Å²) < 4.78 is 12.7. The van der Waals surface area contributed by atoms with Crippen LogP contribution in [0.5, 0.6) is 11.5 Å². The Bertz CT molecular complexity index is 1040. The van der Waals surface area contributed by atoms with Gasteiger partial charge < -0.3 is 14.4 Å². The largest absolute Gasteiger partial charge is 0.454 e. The van der Waals surface area contributed by atoms with Crippen LogP contribution in [-0.2, 0) is 19.4 Å². The Morgan fingerprint density at radius 3 is 2.79 bits per heavy atom. The Morgan fingerprint density at radius 1 is 1.11 bits per heavy atom. The summed E-state index contributed by atoms with van der Waals surface area (Å²) in [4.78, 5) is 14.9. The third-order valence-electron chi connectivity index (χ3n) is 5.34. The van der Waals surface area contributed by atoms with Crippen LogP contribution in [0.25, 0.3) is 5.69 Å². The van der Waals surface area contributed by atoms with Gasteiger partial charge in [0.1, 0.15) is 0 Å². The average molecular weight is 375 g/mol. The molecule has 0 atom stereocenters. The highest BCUT2D eigenvalue weighted by atomic mass is 16.7. The highest BCUT2D eigenvalue weighted by Crippen LogP contribution is 2.33. The fourth-order valence-corrected chi connectivity index (χ4v) is 3.96. The van der Waals surface area contributed by atoms with E-state index in [1.54, 1.807) is 4.90 Å². The molecule has 0 saturated carbocycles. The molecule has 6 nitrogen and oxygen atoms in total. The Kier molecular flexibility index (Phi) is 4.04. The van der Waals surface area contributed by atoms with Crippen LogP contribution in [-0.4, -0.2) is 34.4 Å². The first-order valence-electron chi connectivity index (χ1n) is 9.51. The molecule has 6 heteroatoms. The first-order chi connectivity index (χ1) is 13.7. The maximum atomic E-state index is 13.2. The van der Waals surface area contributed by atoms with Crippen molar-refractivity contribution < 1.29 is 14.3 Å². The minimum Gasteiger partial charge on any atom is -0.454 e. The van der Waals surface area contributed by atoms with Gasteiger partial charge in [0.2, 0.25) is 6.79 Å². The van der Waals surface area contributed by atoms with Crippen LogP contribution < -0.4 is 9.47 Å². The van der Waals surface area contributed by atoms with Crippen LogP contribution in [0.15, 0.2) is 48.5 Å². The predicted molar refractivity (Wildman–Crippen MR) is 104 cm³/mol. The molecule has 0 fully saturated rings. The molecule has 0 N–H and O–H groups in total. The number of fused-ring (bicyclic) bond motifs is 2. The van der Waals surface area contributed by atoms with E-state index in [9.17, 15) is 4.79 Å². The SMILES string of the molecule is CN(Cc1ccc2c(c1)OCO2)C(=O)c1nn(-c2ccccc2)c2c1CCC2. The molecule has 3 aromatic rings. The van der Waals surface area contributed by atoms with Crippen LogP contribution in [0.4, 0.5) is 0 Å². The van der Waals surface area contributed by atoms with E-state index in [1.807, 2.05) is 60.3 Å². The number of carbonyl (C=O) groups excluding carboxylic acids is 1. The molecule has 5 rings (SSSR count). The molecule has 142 valence electrons. The Hall–Kier alpha value is -3.28. The lowest BCUT2D eigenvalue weighted by molar-refractivity contribution is 0.0777. The predicted octanol–water partition coefficient (Wildman–Crippen LogP) is 3.36. The molecule has 0 radical (unpaired) electrons. The molecule has 0 saturated heterocycles. The third-order valence-corrected chi connectivity index (χ3v) is 5.34. The van der Waals surface area contributed by atoms with Gasteiger partial charge in [-0.05, 0) is 49.1 Å². The molecule has 2 heterocycles. The van der Waals surface area contributed by atoms with Gasteiger partial charge in [0.05, 0.1) is 5.69 Å². The number of nitrogens with zero attached hydrogens (tertiary/aromatic N) is 3. The van der Waals surface area contributed by atoms with Gasteiger partial charge >= 0.3 is 0 Å². The Morgan fingerprint density at radius 2 is 1.93 bits per heavy atom. The summed E-state index contributed by atoms with van der Waals surface area (Å²) in [5, 5.41) is 4.70. The normalized spacial score (nSPS) is 14.2. The molecule has 2 aliphatic rings. The van der Waals surface area contributed by atoms with Gasteiger partial charge in [-0.15, -0.1) is 0 Å². The number of carbonyl (C=O) groups is 1. The second-order valence-corrected chi connectivity index (χ2v) is 7.22. The van der Waals surface area contributed by atoms with Crippen molar-refractivity contribution in [3.05, 3.63) is 71.0 Å². The van der Waals surface area contributed by atoms with Crippen molar-refractivity contribution in [1.29, 1.82) is 0 Å². The lowest BCUT2D eigenvalue weighted by atomic mass is 10.1. The molecule has 1 aromatic heterocycles. The van der Waals surface area contributed by atoms with Crippen LogP contribution in [0.3, 0.4) is 0 Å². The highest BCUT2D eigenvalue weighted by molar-refractivity contribution is 5.94. The van der Waals surface area contributed by atoms with E-state index in [2.05, 4.69) is 0 Å². The smallest absolute Gasteiger partial charge is 0.274 e. The number of rotatable bonds is 4. The van der Waals surface area contributed by atoms with Gasteiger partial charge in [0.15, 0.2) is 17.2 Å². The van der Waals surface area contributed by atoms with Crippen molar-refractivity contribution in [2.24, 2.45) is 0 Å². The summed E-state index contributed by atoms with van der Waals surface area (Å²) in [6.45, 7) is 0.735. The molecular formula is C22H21N3O3. The van der Waals surface area contributed by atoms with Crippen molar-refractivity contribution in [3.63, 3.8) is 0 Å². The zero-order valence-corrected chi connectivity index (χ0v) is 15.7. The molecule has 1 aliphatic carbocycles. The summed E-state index contributed by atoms with van der Waals surface area (Å²) in [5.41, 5.74) is 4.81. The van der Waals surface area contributed by atoms with E-state index in [4.69, 9.17) is 14.6 Å². The quantitative estimate of drug-likeness (QED) is 0.702. The van der Waals surface area contributed by atoms with Crippen molar-refractivity contribution in [2.75, 3.05) is 13.8 Å². The summed E-state index contributed by atoms with van der Waals surface area (Å²) in [6.07, 6.45) is 2.92. The molecule has 0 unspecified atom stereocenters. The van der Waals surface area contributed by atoms with Crippen molar-refractivity contribution >= 4 is 5.91 Å². The number of hydrogen-bond acceptors (Lipinski definition) is 4. The lowest BCUT2D eigenvalue weighted by Gasteiger charge is -2.17. The lowest BCUT2D eigenvalue weighted by Crippen LogP contribution is -2.27. The maximum Gasteiger partial charge on any atom is 0.274 e. The van der Waals surface area contributed by atoms with E-state index in [0.29, 0.717) is 12.2 Å². The van der Waals surface area contributed by atoms with Crippen molar-refractivity contribution in [1.82, 2.24) is 14.7 Å². The van der Waals surface area contributed by atoms with Gasteiger partial charge in [0.25, 0.3) is 5.91 Å². The topological polar surface area (TPSA) is 56.6 Å². The standard InChI is InChI=1S/C22H21N3O3/c1-24(13-15-10-11-19-20(12-15)28-14-27-19)22(26)21-17-8-5-9-18(17)25(23-21)16-6-3-2-4-7-16/h2-4,6-7,10-12H,5,8-9,13-14H2,1H3. The van der Waals surface area contributed by atoms with Gasteiger partial charge in [-0.1, -0.05) is 24.3 Å². The van der Waals surface area contributed by atoms with Crippen LogP contribution in [0.1, 0.15) is 33.7 Å². The second-order valence-electron chi connectivity index (χ2n) is 7.22. The molecule has 1 aliphatic heterocycles. The first kappa shape index (κ1) is 16.9. The van der Waals surface area contributed by atoms with Gasteiger partial charge in [0, 0.05) is 24.8 Å². The number of ether oxygens (including phenoxy) is 2. The fourth-order valence-electron chi connectivity index (χ4n) is 3.96. The van der Waals surface area contributed by atoms with Gasteiger partial charge in [-0.2, -0.15) is 5.10 Å². The molecule has 2 aromatic carbocycles. The number of aromatic nitrogens is 2. The second kappa shape index (κ2) is 6.71. The maximum absolute atomic E-state index is 13.2. The van der Waals surface area contributed by atoms with E-state index in [0.717, 1.165) is 53.3 Å².